The largest absolute Gasteiger partial charge is 0.486 e. The van der Waals surface area contributed by atoms with Gasteiger partial charge in [-0.2, -0.15) is 0 Å². The van der Waals surface area contributed by atoms with Crippen LogP contribution < -0.4 is 4.74 Å². The Morgan fingerprint density at radius 3 is 3.05 bits per heavy atom. The number of morpholine rings is 1. The van der Waals surface area contributed by atoms with E-state index in [1.165, 1.54) is 25.8 Å². The van der Waals surface area contributed by atoms with E-state index >= 15 is 0 Å². The summed E-state index contributed by atoms with van der Waals surface area (Å²) in [5.41, 5.74) is 0. The molecule has 3 aliphatic rings. The van der Waals surface area contributed by atoms with Gasteiger partial charge in [0.25, 0.3) is 0 Å². The molecule has 0 spiro atoms. The summed E-state index contributed by atoms with van der Waals surface area (Å²) in [4.78, 5) is 6.77. The normalized spacial score (nSPS) is 33.9. The molecular formula is C16H22N2O2. The monoisotopic (exact) mass is 274 g/mol. The van der Waals surface area contributed by atoms with Gasteiger partial charge in [0.05, 0.1) is 12.8 Å². The molecule has 108 valence electrons. The Morgan fingerprint density at radius 1 is 1.30 bits per heavy atom. The summed E-state index contributed by atoms with van der Waals surface area (Å²) in [5, 5.41) is 0. The zero-order valence-electron chi connectivity index (χ0n) is 11.8. The fourth-order valence-electron chi connectivity index (χ4n) is 3.57. The van der Waals surface area contributed by atoms with Gasteiger partial charge in [-0.15, -0.1) is 0 Å². The van der Waals surface area contributed by atoms with Crippen LogP contribution in [0, 0.1) is 5.92 Å². The molecule has 2 heterocycles. The van der Waals surface area contributed by atoms with Crippen LogP contribution in [-0.4, -0.2) is 47.8 Å². The van der Waals surface area contributed by atoms with Crippen LogP contribution in [0.1, 0.15) is 25.7 Å². The molecule has 4 nitrogen and oxygen atoms in total. The molecule has 1 saturated heterocycles. The van der Waals surface area contributed by atoms with Gasteiger partial charge < -0.3 is 9.47 Å². The molecule has 0 N–H and O–H groups in total. The SMILES string of the molecule is c1cncc(O[C@@H]2CC[C@H]3[C@H]2OCCN3CC2CC2)c1. The predicted octanol–water partition coefficient (Wildman–Crippen LogP) is 2.10. The van der Waals surface area contributed by atoms with E-state index in [2.05, 4.69) is 9.88 Å². The van der Waals surface area contributed by atoms with Crippen molar-refractivity contribution in [3.8, 4) is 5.75 Å². The second-order valence-corrected chi connectivity index (χ2v) is 6.26. The average Bonchev–Trinajstić information content (AvgIpc) is 3.21. The Morgan fingerprint density at radius 2 is 2.25 bits per heavy atom. The van der Waals surface area contributed by atoms with Crippen LogP contribution in [0.4, 0.5) is 0 Å². The van der Waals surface area contributed by atoms with Crippen molar-refractivity contribution in [3.63, 3.8) is 0 Å². The maximum atomic E-state index is 6.10. The van der Waals surface area contributed by atoms with E-state index in [-0.39, 0.29) is 12.2 Å². The molecule has 0 amide bonds. The Kier molecular flexibility index (Phi) is 3.36. The van der Waals surface area contributed by atoms with Crippen LogP contribution in [0.2, 0.25) is 0 Å². The van der Waals surface area contributed by atoms with Crippen molar-refractivity contribution >= 4 is 0 Å². The topological polar surface area (TPSA) is 34.6 Å². The van der Waals surface area contributed by atoms with E-state index in [0.29, 0.717) is 6.04 Å². The fourth-order valence-corrected chi connectivity index (χ4v) is 3.57. The molecule has 1 aromatic heterocycles. The van der Waals surface area contributed by atoms with Gasteiger partial charge in [0.15, 0.2) is 0 Å². The number of hydrogen-bond acceptors (Lipinski definition) is 4. The molecular weight excluding hydrogens is 252 g/mol. The Bertz CT molecular complexity index is 449. The number of hydrogen-bond donors (Lipinski definition) is 0. The van der Waals surface area contributed by atoms with Crippen molar-refractivity contribution < 1.29 is 9.47 Å². The van der Waals surface area contributed by atoms with Crippen molar-refractivity contribution in [2.24, 2.45) is 5.92 Å². The predicted molar refractivity (Wildman–Crippen MR) is 75.7 cm³/mol. The summed E-state index contributed by atoms with van der Waals surface area (Å²) in [5.74, 6) is 1.81. The first-order valence-electron chi connectivity index (χ1n) is 7.82. The number of aromatic nitrogens is 1. The molecule has 0 bridgehead atoms. The third-order valence-corrected chi connectivity index (χ3v) is 4.76. The standard InChI is InChI=1S/C16H22N2O2/c1-2-13(10-17-7-1)20-15-6-5-14-16(15)19-9-8-18(14)11-12-3-4-12/h1-2,7,10,12,14-16H,3-6,8-9,11H2/t14-,15+,16+/m0/s1. The maximum absolute atomic E-state index is 6.10. The molecule has 4 rings (SSSR count). The molecule has 0 aromatic carbocycles. The van der Waals surface area contributed by atoms with Gasteiger partial charge in [0.2, 0.25) is 0 Å². The lowest BCUT2D eigenvalue weighted by Gasteiger charge is -2.39. The van der Waals surface area contributed by atoms with Gasteiger partial charge in [-0.3, -0.25) is 9.88 Å². The van der Waals surface area contributed by atoms with Crippen LogP contribution in [0.25, 0.3) is 0 Å². The van der Waals surface area contributed by atoms with Crippen LogP contribution in [0.15, 0.2) is 24.5 Å². The highest BCUT2D eigenvalue weighted by molar-refractivity contribution is 5.17. The van der Waals surface area contributed by atoms with E-state index in [0.717, 1.165) is 31.2 Å². The Labute approximate surface area is 120 Å². The first-order valence-corrected chi connectivity index (χ1v) is 7.82. The van der Waals surface area contributed by atoms with Crippen LogP contribution in [0.5, 0.6) is 5.75 Å². The summed E-state index contributed by atoms with van der Waals surface area (Å²) < 4.78 is 12.1. The zero-order chi connectivity index (χ0) is 13.4. The molecule has 3 atom stereocenters. The fraction of sp³-hybridized carbons (Fsp3) is 0.688. The molecule has 20 heavy (non-hydrogen) atoms. The highest BCUT2D eigenvalue weighted by atomic mass is 16.5. The van der Waals surface area contributed by atoms with E-state index in [1.54, 1.807) is 12.4 Å². The highest BCUT2D eigenvalue weighted by Crippen LogP contribution is 2.36. The van der Waals surface area contributed by atoms with Crippen molar-refractivity contribution in [2.75, 3.05) is 19.7 Å². The second kappa shape index (κ2) is 5.34. The van der Waals surface area contributed by atoms with Gasteiger partial charge in [-0.1, -0.05) is 0 Å². The molecule has 2 saturated carbocycles. The Hall–Kier alpha value is -1.13. The highest BCUT2D eigenvalue weighted by Gasteiger charge is 2.45. The lowest BCUT2D eigenvalue weighted by atomic mass is 10.1. The summed E-state index contributed by atoms with van der Waals surface area (Å²) in [6.07, 6.45) is 9.12. The first kappa shape index (κ1) is 12.6. The molecule has 3 fully saturated rings. The average molecular weight is 274 g/mol. The smallest absolute Gasteiger partial charge is 0.138 e. The van der Waals surface area contributed by atoms with Crippen LogP contribution >= 0.6 is 0 Å². The van der Waals surface area contributed by atoms with Crippen molar-refractivity contribution in [1.29, 1.82) is 0 Å². The second-order valence-electron chi connectivity index (χ2n) is 6.26. The third kappa shape index (κ3) is 2.54. The van der Waals surface area contributed by atoms with E-state index < -0.39 is 0 Å². The number of nitrogens with zero attached hydrogens (tertiary/aromatic N) is 2. The summed E-state index contributed by atoms with van der Waals surface area (Å²) in [6.45, 7) is 3.21. The molecule has 0 unspecified atom stereocenters. The summed E-state index contributed by atoms with van der Waals surface area (Å²) in [6, 6.07) is 4.46. The van der Waals surface area contributed by atoms with Gasteiger partial charge >= 0.3 is 0 Å². The molecule has 4 heteroatoms. The number of rotatable bonds is 4. The van der Waals surface area contributed by atoms with Gasteiger partial charge in [-0.25, -0.2) is 0 Å². The number of pyridine rings is 1. The van der Waals surface area contributed by atoms with Gasteiger partial charge in [0.1, 0.15) is 18.0 Å². The lowest BCUT2D eigenvalue weighted by molar-refractivity contribution is -0.0900. The quantitative estimate of drug-likeness (QED) is 0.842. The van der Waals surface area contributed by atoms with Crippen molar-refractivity contribution in [1.82, 2.24) is 9.88 Å². The summed E-state index contributed by atoms with van der Waals surface area (Å²) in [7, 11) is 0. The van der Waals surface area contributed by atoms with E-state index in [4.69, 9.17) is 9.47 Å². The van der Waals surface area contributed by atoms with E-state index in [9.17, 15) is 0 Å². The zero-order valence-corrected chi connectivity index (χ0v) is 11.8. The van der Waals surface area contributed by atoms with Gasteiger partial charge in [-0.05, 0) is 43.7 Å². The van der Waals surface area contributed by atoms with Crippen LogP contribution in [-0.2, 0) is 4.74 Å². The molecule has 1 aliphatic heterocycles. The van der Waals surface area contributed by atoms with Crippen molar-refractivity contribution in [3.05, 3.63) is 24.5 Å². The summed E-state index contributed by atoms with van der Waals surface area (Å²) >= 11 is 0. The van der Waals surface area contributed by atoms with E-state index in [1.807, 2.05) is 12.1 Å². The lowest BCUT2D eigenvalue weighted by Crippen LogP contribution is -2.52. The first-order chi connectivity index (χ1) is 9.90. The minimum atomic E-state index is 0.186. The minimum absolute atomic E-state index is 0.186. The van der Waals surface area contributed by atoms with Crippen LogP contribution in [0.3, 0.4) is 0 Å². The molecule has 2 aliphatic carbocycles. The molecule has 1 aromatic rings. The van der Waals surface area contributed by atoms with Gasteiger partial charge in [0, 0.05) is 25.3 Å². The number of fused-ring (bicyclic) bond motifs is 1. The number of ether oxygens (including phenoxy) is 2. The molecule has 0 radical (unpaired) electrons. The third-order valence-electron chi connectivity index (χ3n) is 4.76. The maximum Gasteiger partial charge on any atom is 0.138 e. The Balaban J connectivity index is 1.42. The van der Waals surface area contributed by atoms with Crippen molar-refractivity contribution in [2.45, 2.75) is 43.9 Å². The minimum Gasteiger partial charge on any atom is -0.486 e.